The zero-order valence-electron chi connectivity index (χ0n) is 10.4. The first-order valence-corrected chi connectivity index (χ1v) is 5.44. The van der Waals surface area contributed by atoms with Crippen molar-refractivity contribution in [2.75, 3.05) is 5.32 Å². The van der Waals surface area contributed by atoms with Crippen LogP contribution in [0.1, 0.15) is 23.6 Å². The van der Waals surface area contributed by atoms with Crippen molar-refractivity contribution in [1.82, 2.24) is 0 Å². The third kappa shape index (κ3) is 3.48. The number of rotatable bonds is 2. The van der Waals surface area contributed by atoms with E-state index in [9.17, 15) is 4.79 Å². The zero-order chi connectivity index (χ0) is 13.0. The molecule has 0 atom stereocenters. The highest BCUT2D eigenvalue weighted by molar-refractivity contribution is 5.99. The van der Waals surface area contributed by atoms with Crippen LogP contribution < -0.4 is 16.8 Å². The molecule has 0 saturated carbocycles. The Morgan fingerprint density at radius 1 is 1.35 bits per heavy atom. The number of nitrogens with one attached hydrogen (secondary N) is 1. The second-order valence-corrected chi connectivity index (χ2v) is 3.94. The Balaban J connectivity index is 3.06. The second-order valence-electron chi connectivity index (χ2n) is 3.94. The van der Waals surface area contributed by atoms with Crippen LogP contribution in [0, 0.1) is 13.8 Å². The molecule has 0 saturated heterocycles. The zero-order valence-corrected chi connectivity index (χ0v) is 10.4. The Morgan fingerprint density at radius 3 is 2.53 bits per heavy atom. The van der Waals surface area contributed by atoms with Crippen molar-refractivity contribution in [3.8, 4) is 0 Å². The van der Waals surface area contributed by atoms with E-state index in [1.54, 1.807) is 0 Å². The molecular weight excluding hydrogens is 216 g/mol. The van der Waals surface area contributed by atoms with Crippen LogP contribution in [-0.2, 0) is 6.42 Å². The summed E-state index contributed by atoms with van der Waals surface area (Å²) in [5.74, 6) is -0.245. The summed E-state index contributed by atoms with van der Waals surface area (Å²) in [6.45, 7) is 6.00. The number of nitrogens with zero attached hydrogens (tertiary/aromatic N) is 1. The number of hydrogen-bond donors (Lipinski definition) is 3. The lowest BCUT2D eigenvalue weighted by Gasteiger charge is -2.12. The van der Waals surface area contributed by atoms with Crippen molar-refractivity contribution in [3.05, 3.63) is 28.8 Å². The van der Waals surface area contributed by atoms with Gasteiger partial charge in [-0.25, -0.2) is 4.79 Å². The van der Waals surface area contributed by atoms with E-state index in [0.29, 0.717) is 0 Å². The summed E-state index contributed by atoms with van der Waals surface area (Å²) in [5.41, 5.74) is 14.3. The predicted molar refractivity (Wildman–Crippen MR) is 70.1 cm³/mol. The van der Waals surface area contributed by atoms with Gasteiger partial charge in [-0.05, 0) is 31.4 Å². The van der Waals surface area contributed by atoms with Crippen molar-refractivity contribution in [3.63, 3.8) is 0 Å². The largest absolute Gasteiger partial charge is 0.370 e. The maximum Gasteiger partial charge on any atom is 0.348 e. The van der Waals surface area contributed by atoms with Crippen molar-refractivity contribution in [2.45, 2.75) is 27.2 Å². The van der Waals surface area contributed by atoms with Crippen LogP contribution in [0.2, 0.25) is 0 Å². The number of amides is 2. The average molecular weight is 234 g/mol. The monoisotopic (exact) mass is 234 g/mol. The summed E-state index contributed by atoms with van der Waals surface area (Å²) in [7, 11) is 0. The van der Waals surface area contributed by atoms with E-state index < -0.39 is 6.03 Å². The molecule has 92 valence electrons. The normalized spacial score (nSPS) is 9.82. The van der Waals surface area contributed by atoms with Crippen LogP contribution in [0.15, 0.2) is 17.1 Å². The lowest BCUT2D eigenvalue weighted by molar-refractivity contribution is 0.259. The molecule has 1 aromatic carbocycles. The molecule has 0 radical (unpaired) electrons. The fourth-order valence-corrected chi connectivity index (χ4v) is 1.77. The number of aryl methyl sites for hydroxylation is 3. The van der Waals surface area contributed by atoms with Gasteiger partial charge in [0, 0.05) is 5.69 Å². The van der Waals surface area contributed by atoms with Crippen molar-refractivity contribution in [1.29, 1.82) is 0 Å². The maximum atomic E-state index is 11.5. The minimum Gasteiger partial charge on any atom is -0.370 e. The quantitative estimate of drug-likeness (QED) is 0.536. The fraction of sp³-hybridized carbons (Fsp3) is 0.333. The molecule has 1 aromatic rings. The van der Waals surface area contributed by atoms with Gasteiger partial charge in [-0.1, -0.05) is 24.6 Å². The van der Waals surface area contributed by atoms with Crippen LogP contribution in [0.3, 0.4) is 0 Å². The van der Waals surface area contributed by atoms with Crippen LogP contribution in [0.25, 0.3) is 0 Å². The van der Waals surface area contributed by atoms with E-state index in [-0.39, 0.29) is 5.96 Å². The summed E-state index contributed by atoms with van der Waals surface area (Å²) in [6.07, 6.45) is 0.833. The van der Waals surface area contributed by atoms with Gasteiger partial charge in [0.1, 0.15) is 0 Å². The van der Waals surface area contributed by atoms with Gasteiger partial charge in [-0.15, -0.1) is 0 Å². The average Bonchev–Trinajstić information content (AvgIpc) is 2.20. The topological polar surface area (TPSA) is 93.5 Å². The number of carbonyl (C=O) groups is 1. The lowest BCUT2D eigenvalue weighted by atomic mass is 10.0. The van der Waals surface area contributed by atoms with Gasteiger partial charge in [-0.2, -0.15) is 4.99 Å². The summed E-state index contributed by atoms with van der Waals surface area (Å²) < 4.78 is 0. The first-order valence-electron chi connectivity index (χ1n) is 5.44. The Labute approximate surface area is 101 Å². The molecule has 0 fully saturated rings. The van der Waals surface area contributed by atoms with E-state index in [1.807, 2.05) is 32.9 Å². The van der Waals surface area contributed by atoms with Gasteiger partial charge in [0.2, 0.25) is 0 Å². The Bertz CT molecular complexity index is 462. The van der Waals surface area contributed by atoms with Crippen molar-refractivity contribution < 1.29 is 4.79 Å². The first kappa shape index (κ1) is 13.0. The van der Waals surface area contributed by atoms with Crippen molar-refractivity contribution in [2.24, 2.45) is 16.5 Å². The van der Waals surface area contributed by atoms with Gasteiger partial charge in [-0.3, -0.25) is 0 Å². The fourth-order valence-electron chi connectivity index (χ4n) is 1.77. The SMILES string of the molecule is CCc1cc(C)cc(C)c1NC(=O)N=C(N)N. The first-order chi connectivity index (χ1) is 7.93. The third-order valence-corrected chi connectivity index (χ3v) is 2.41. The molecule has 5 N–H and O–H groups in total. The number of hydrogen-bond acceptors (Lipinski definition) is 1. The van der Waals surface area contributed by atoms with E-state index in [1.165, 1.54) is 5.56 Å². The molecule has 0 aliphatic rings. The standard InChI is InChI=1S/C12H18N4O/c1-4-9-6-7(2)5-8(3)10(9)15-12(17)16-11(13)14/h5-6H,4H2,1-3H3,(H5,13,14,15,16,17). The molecule has 17 heavy (non-hydrogen) atoms. The number of aliphatic imine (C=N–C) groups is 1. The molecule has 0 aliphatic heterocycles. The highest BCUT2D eigenvalue weighted by Crippen LogP contribution is 2.23. The molecular formula is C12H18N4O. The van der Waals surface area contributed by atoms with Gasteiger partial charge in [0.05, 0.1) is 0 Å². The summed E-state index contributed by atoms with van der Waals surface area (Å²) in [5, 5.41) is 2.70. The van der Waals surface area contributed by atoms with Crippen LogP contribution >= 0.6 is 0 Å². The molecule has 0 heterocycles. The molecule has 0 unspecified atom stereocenters. The van der Waals surface area contributed by atoms with Crippen LogP contribution in [0.5, 0.6) is 0 Å². The highest BCUT2D eigenvalue weighted by atomic mass is 16.2. The second kappa shape index (κ2) is 5.34. The molecule has 5 nitrogen and oxygen atoms in total. The van der Waals surface area contributed by atoms with Crippen molar-refractivity contribution >= 4 is 17.7 Å². The summed E-state index contributed by atoms with van der Waals surface area (Å²) >= 11 is 0. The number of nitrogens with two attached hydrogens (primary N) is 2. The lowest BCUT2D eigenvalue weighted by Crippen LogP contribution is -2.25. The molecule has 0 aromatic heterocycles. The van der Waals surface area contributed by atoms with Gasteiger partial charge < -0.3 is 16.8 Å². The number of guanidine groups is 1. The number of anilines is 1. The smallest absolute Gasteiger partial charge is 0.348 e. The van der Waals surface area contributed by atoms with Gasteiger partial charge in [0.15, 0.2) is 5.96 Å². The third-order valence-electron chi connectivity index (χ3n) is 2.41. The van der Waals surface area contributed by atoms with Gasteiger partial charge in [0.25, 0.3) is 0 Å². The van der Waals surface area contributed by atoms with Gasteiger partial charge >= 0.3 is 6.03 Å². The van der Waals surface area contributed by atoms with E-state index in [0.717, 1.165) is 23.2 Å². The van der Waals surface area contributed by atoms with E-state index in [2.05, 4.69) is 10.3 Å². The Hall–Kier alpha value is -2.04. The predicted octanol–water partition coefficient (Wildman–Crippen LogP) is 1.67. The maximum absolute atomic E-state index is 11.5. The number of carbonyl (C=O) groups excluding carboxylic acids is 1. The van der Waals surface area contributed by atoms with Crippen LogP contribution in [0.4, 0.5) is 10.5 Å². The molecule has 0 aliphatic carbocycles. The minimum atomic E-state index is -0.549. The molecule has 2 amide bonds. The Morgan fingerprint density at radius 2 is 2.00 bits per heavy atom. The highest BCUT2D eigenvalue weighted by Gasteiger charge is 2.08. The molecule has 0 bridgehead atoms. The number of urea groups is 1. The van der Waals surface area contributed by atoms with E-state index in [4.69, 9.17) is 11.5 Å². The minimum absolute atomic E-state index is 0.245. The molecule has 5 heteroatoms. The Kier molecular flexibility index (Phi) is 4.09. The van der Waals surface area contributed by atoms with Crippen LogP contribution in [-0.4, -0.2) is 12.0 Å². The van der Waals surface area contributed by atoms with E-state index >= 15 is 0 Å². The summed E-state index contributed by atoms with van der Waals surface area (Å²) in [4.78, 5) is 14.9. The summed E-state index contributed by atoms with van der Waals surface area (Å²) in [6, 6.07) is 3.49. The molecule has 1 rings (SSSR count). The molecule has 0 spiro atoms. The number of benzene rings is 1.